The average molecular weight is 163 g/mol. The topological polar surface area (TPSA) is 3.24 Å². The fourth-order valence-electron chi connectivity index (χ4n) is 1.58. The molecule has 0 aromatic rings. The molecule has 66 valence electrons. The van der Waals surface area contributed by atoms with Crippen molar-refractivity contribution in [1.29, 1.82) is 0 Å². The van der Waals surface area contributed by atoms with Gasteiger partial charge in [0.15, 0.2) is 0 Å². The summed E-state index contributed by atoms with van der Waals surface area (Å²) in [7, 11) is 0. The van der Waals surface area contributed by atoms with Gasteiger partial charge in [-0.05, 0) is 12.3 Å². The molecule has 1 saturated heterocycles. The van der Waals surface area contributed by atoms with Gasteiger partial charge in [-0.1, -0.05) is 13.8 Å². The Bertz CT molecular complexity index is 136. The molecule has 11 heavy (non-hydrogen) atoms. The van der Waals surface area contributed by atoms with Crippen molar-refractivity contribution in [3.63, 3.8) is 0 Å². The van der Waals surface area contributed by atoms with E-state index in [4.69, 9.17) is 0 Å². The van der Waals surface area contributed by atoms with Gasteiger partial charge in [-0.15, -0.1) is 0 Å². The van der Waals surface area contributed by atoms with E-state index in [1.807, 2.05) is 6.92 Å². The number of hydrogen-bond acceptors (Lipinski definition) is 1. The molecule has 1 rings (SSSR count). The van der Waals surface area contributed by atoms with Gasteiger partial charge in [0.1, 0.15) is 0 Å². The zero-order valence-electron chi connectivity index (χ0n) is 7.11. The summed E-state index contributed by atoms with van der Waals surface area (Å²) in [5.41, 5.74) is 0. The summed E-state index contributed by atoms with van der Waals surface area (Å²) in [6, 6.07) is -2.55. The summed E-state index contributed by atoms with van der Waals surface area (Å²) in [6.45, 7) is 4.68. The largest absolute Gasteiger partial charge is 0.305 e. The molecule has 0 aliphatic carbocycles. The molecule has 3 heteroatoms. The number of piperidine rings is 1. The van der Waals surface area contributed by atoms with Gasteiger partial charge in [-0.25, -0.2) is 4.90 Å². The van der Waals surface area contributed by atoms with Crippen molar-refractivity contribution in [2.75, 3.05) is 13.1 Å². The van der Waals surface area contributed by atoms with E-state index in [2.05, 4.69) is 0 Å². The van der Waals surface area contributed by atoms with Crippen LogP contribution >= 0.6 is 0 Å². The standard InChI is InChI=1S/C8H15F2N/c1-3-11-5-4-7(2)6-8(11,9)10/h7H,3-6H2,1-2H3. The summed E-state index contributed by atoms with van der Waals surface area (Å²) in [5.74, 6) is 0.174. The average Bonchev–Trinajstić information content (AvgIpc) is 1.85. The normalized spacial score (nSPS) is 32.2. The van der Waals surface area contributed by atoms with Crippen LogP contribution in [0.4, 0.5) is 8.78 Å². The Morgan fingerprint density at radius 3 is 2.64 bits per heavy atom. The third-order valence-corrected chi connectivity index (χ3v) is 2.33. The fourth-order valence-corrected chi connectivity index (χ4v) is 1.58. The monoisotopic (exact) mass is 163 g/mol. The van der Waals surface area contributed by atoms with Crippen LogP contribution in [0, 0.1) is 5.92 Å². The van der Waals surface area contributed by atoms with E-state index in [1.165, 1.54) is 4.90 Å². The molecule has 1 nitrogen and oxygen atoms in total. The summed E-state index contributed by atoms with van der Waals surface area (Å²) in [6.07, 6.45) is 0.935. The minimum Gasteiger partial charge on any atom is -0.245 e. The molecule has 0 aromatic heterocycles. The Morgan fingerprint density at radius 1 is 1.55 bits per heavy atom. The Labute approximate surface area is 66.4 Å². The SMILES string of the molecule is CCN1CCC(C)CC1(F)F. The Hall–Kier alpha value is -0.180. The maximum absolute atomic E-state index is 13.0. The molecule has 1 fully saturated rings. The van der Waals surface area contributed by atoms with E-state index in [0.717, 1.165) is 6.42 Å². The van der Waals surface area contributed by atoms with Crippen LogP contribution in [0.1, 0.15) is 26.7 Å². The lowest BCUT2D eigenvalue weighted by atomic mass is 9.97. The third kappa shape index (κ3) is 1.89. The van der Waals surface area contributed by atoms with E-state index in [9.17, 15) is 8.78 Å². The van der Waals surface area contributed by atoms with Gasteiger partial charge in [0, 0.05) is 19.5 Å². The van der Waals surface area contributed by atoms with Crippen LogP contribution in [0.5, 0.6) is 0 Å². The molecular formula is C8H15F2N. The van der Waals surface area contributed by atoms with Crippen LogP contribution < -0.4 is 0 Å². The Kier molecular flexibility index (Phi) is 2.47. The van der Waals surface area contributed by atoms with Crippen molar-refractivity contribution in [2.24, 2.45) is 5.92 Å². The van der Waals surface area contributed by atoms with Crippen molar-refractivity contribution in [3.8, 4) is 0 Å². The molecule has 1 unspecified atom stereocenters. The smallest absolute Gasteiger partial charge is 0.245 e. The summed E-state index contributed by atoms with van der Waals surface area (Å²) >= 11 is 0. The molecule has 1 atom stereocenters. The predicted molar refractivity (Wildman–Crippen MR) is 40.6 cm³/mol. The minimum absolute atomic E-state index is 0.0286. The highest BCUT2D eigenvalue weighted by molar-refractivity contribution is 4.77. The maximum atomic E-state index is 13.0. The molecule has 0 aromatic carbocycles. The first kappa shape index (κ1) is 8.91. The highest BCUT2D eigenvalue weighted by Gasteiger charge is 2.40. The molecular weight excluding hydrogens is 148 g/mol. The highest BCUT2D eigenvalue weighted by atomic mass is 19.3. The lowest BCUT2D eigenvalue weighted by Gasteiger charge is -2.37. The van der Waals surface area contributed by atoms with Crippen LogP contribution in [0.15, 0.2) is 0 Å². The van der Waals surface area contributed by atoms with E-state index in [-0.39, 0.29) is 12.3 Å². The quantitative estimate of drug-likeness (QED) is 0.536. The zero-order valence-corrected chi connectivity index (χ0v) is 7.11. The van der Waals surface area contributed by atoms with Gasteiger partial charge in [0.05, 0.1) is 0 Å². The van der Waals surface area contributed by atoms with E-state index < -0.39 is 6.05 Å². The van der Waals surface area contributed by atoms with Crippen molar-refractivity contribution in [2.45, 2.75) is 32.7 Å². The lowest BCUT2D eigenvalue weighted by molar-refractivity contribution is -0.176. The van der Waals surface area contributed by atoms with Crippen LogP contribution in [0.2, 0.25) is 0 Å². The van der Waals surface area contributed by atoms with Crippen molar-refractivity contribution in [1.82, 2.24) is 4.90 Å². The molecule has 0 bridgehead atoms. The van der Waals surface area contributed by atoms with Crippen molar-refractivity contribution >= 4 is 0 Å². The predicted octanol–water partition coefficient (Wildman–Crippen LogP) is 2.33. The first-order valence-electron chi connectivity index (χ1n) is 4.19. The summed E-state index contributed by atoms with van der Waals surface area (Å²) in [4.78, 5) is 1.26. The van der Waals surface area contributed by atoms with E-state index in [0.29, 0.717) is 13.1 Å². The third-order valence-electron chi connectivity index (χ3n) is 2.33. The second kappa shape index (κ2) is 3.05. The zero-order chi connectivity index (χ0) is 8.48. The molecule has 0 radical (unpaired) electrons. The summed E-state index contributed by atoms with van der Waals surface area (Å²) in [5, 5.41) is 0. The minimum atomic E-state index is -2.55. The van der Waals surface area contributed by atoms with E-state index in [1.54, 1.807) is 6.92 Å². The van der Waals surface area contributed by atoms with Crippen LogP contribution in [-0.2, 0) is 0 Å². The van der Waals surface area contributed by atoms with Gasteiger partial charge < -0.3 is 0 Å². The summed E-state index contributed by atoms with van der Waals surface area (Å²) < 4.78 is 26.1. The van der Waals surface area contributed by atoms with Crippen LogP contribution in [0.3, 0.4) is 0 Å². The molecule has 1 heterocycles. The lowest BCUT2D eigenvalue weighted by Crippen LogP contribution is -2.47. The van der Waals surface area contributed by atoms with Gasteiger partial charge in [0.25, 0.3) is 0 Å². The number of nitrogens with zero attached hydrogens (tertiary/aromatic N) is 1. The van der Waals surface area contributed by atoms with Gasteiger partial charge >= 0.3 is 6.05 Å². The molecule has 0 saturated carbocycles. The van der Waals surface area contributed by atoms with Gasteiger partial charge in [-0.3, -0.25) is 0 Å². The molecule has 0 amide bonds. The van der Waals surface area contributed by atoms with Gasteiger partial charge in [-0.2, -0.15) is 8.78 Å². The maximum Gasteiger partial charge on any atom is 0.305 e. The second-order valence-corrected chi connectivity index (χ2v) is 3.34. The molecule has 0 N–H and O–H groups in total. The number of hydrogen-bond donors (Lipinski definition) is 0. The molecule has 1 aliphatic heterocycles. The first-order chi connectivity index (χ1) is 5.06. The second-order valence-electron chi connectivity index (χ2n) is 3.34. The number of rotatable bonds is 1. The number of likely N-dealkylation sites (tertiary alicyclic amines) is 1. The molecule has 1 aliphatic rings. The Balaban J connectivity index is 2.56. The van der Waals surface area contributed by atoms with Crippen molar-refractivity contribution < 1.29 is 8.78 Å². The Morgan fingerprint density at radius 2 is 2.18 bits per heavy atom. The van der Waals surface area contributed by atoms with Crippen LogP contribution in [-0.4, -0.2) is 24.0 Å². The highest BCUT2D eigenvalue weighted by Crippen LogP contribution is 2.33. The fraction of sp³-hybridized carbons (Fsp3) is 1.00. The van der Waals surface area contributed by atoms with E-state index >= 15 is 0 Å². The van der Waals surface area contributed by atoms with Gasteiger partial charge in [0.2, 0.25) is 0 Å². The van der Waals surface area contributed by atoms with Crippen LogP contribution in [0.25, 0.3) is 0 Å². The molecule has 0 spiro atoms. The number of halogens is 2. The first-order valence-corrected chi connectivity index (χ1v) is 4.19. The van der Waals surface area contributed by atoms with Crippen molar-refractivity contribution in [3.05, 3.63) is 0 Å². The number of alkyl halides is 2.